The van der Waals surface area contributed by atoms with Gasteiger partial charge in [-0.3, -0.25) is 0 Å². The molecule has 0 N–H and O–H groups in total. The van der Waals surface area contributed by atoms with E-state index in [2.05, 4.69) is 0 Å². The molecule has 0 saturated carbocycles. The smallest absolute Gasteiger partial charge is 0 e. The molecule has 0 aliphatic carbocycles. The van der Waals surface area contributed by atoms with Crippen LogP contribution in [0.2, 0.25) is 0 Å². The van der Waals surface area contributed by atoms with E-state index in [-0.39, 0.29) is 91.7 Å². The molecule has 0 saturated heterocycles. The van der Waals surface area contributed by atoms with Crippen molar-refractivity contribution in [3.05, 3.63) is 0 Å². The van der Waals surface area contributed by atoms with Crippen LogP contribution in [0.15, 0.2) is 0 Å². The van der Waals surface area contributed by atoms with Crippen LogP contribution < -0.4 is 0 Å². The van der Waals surface area contributed by atoms with Gasteiger partial charge in [0.05, 0.1) is 0 Å². The quantitative estimate of drug-likeness (QED) is 0.435. The van der Waals surface area contributed by atoms with Gasteiger partial charge in [0.2, 0.25) is 0 Å². The van der Waals surface area contributed by atoms with Crippen LogP contribution in [0.5, 0.6) is 0 Å². The van der Waals surface area contributed by atoms with E-state index < -0.39 is 0 Å². The molecule has 28 valence electrons. The normalized spacial score (nSPS) is 0. The Morgan fingerprint density at radius 3 is 0.400 bits per heavy atom. The predicted molar refractivity (Wildman–Crippen MR) is 17.3 cm³/mol. The van der Waals surface area contributed by atoms with E-state index in [1.165, 1.54) is 0 Å². The van der Waals surface area contributed by atoms with Crippen molar-refractivity contribution in [3.8, 4) is 0 Å². The molecule has 0 aromatic rings. The van der Waals surface area contributed by atoms with Gasteiger partial charge in [0.15, 0.2) is 0 Å². The molecule has 0 amide bonds. The topological polar surface area (TPSA) is 0 Å². The summed E-state index contributed by atoms with van der Waals surface area (Å²) in [6.07, 6.45) is 0. The summed E-state index contributed by atoms with van der Waals surface area (Å²) in [5, 5.41) is 0. The van der Waals surface area contributed by atoms with Gasteiger partial charge in [-0.25, -0.2) is 0 Å². The Hall–Kier alpha value is 2.88. The molecule has 0 bridgehead atoms. The molecule has 5 heavy (non-hydrogen) atoms. The average Bonchev–Trinajstić information content (AvgIpc) is 0. The molecule has 0 nitrogen and oxygen atoms in total. The number of rotatable bonds is 0. The van der Waals surface area contributed by atoms with Crippen molar-refractivity contribution in [2.24, 2.45) is 0 Å². The molecular weight excluding hydrogens is 420 g/mol. The Balaban J connectivity index is 0. The zero-order valence-corrected chi connectivity index (χ0v) is 12.0. The van der Waals surface area contributed by atoms with Crippen LogP contribution >= 0.6 is 0 Å². The van der Waals surface area contributed by atoms with Crippen LogP contribution in [0.1, 0.15) is 0 Å². The monoisotopic (exact) mass is 426 g/mol. The Kier molecular flexibility index (Phi) is 259. The van der Waals surface area contributed by atoms with E-state index in [0.717, 1.165) is 0 Å². The van der Waals surface area contributed by atoms with Crippen molar-refractivity contribution in [1.29, 1.82) is 0 Å². The molecule has 0 aliphatic rings. The summed E-state index contributed by atoms with van der Waals surface area (Å²) in [5.74, 6) is 0. The van der Waals surface area contributed by atoms with Crippen LogP contribution in [-0.2, 0) is 39.0 Å². The molecule has 0 aliphatic heterocycles. The van der Waals surface area contributed by atoms with E-state index in [0.29, 0.717) is 0 Å². The first-order valence-corrected chi connectivity index (χ1v) is 0. The van der Waals surface area contributed by atoms with Crippen LogP contribution in [0.25, 0.3) is 0 Å². The molecular formula is Ge3Ru2. The van der Waals surface area contributed by atoms with Crippen LogP contribution in [0, 0.1) is 0 Å². The van der Waals surface area contributed by atoms with Crippen LogP contribution in [-0.4, -0.2) is 52.8 Å². The van der Waals surface area contributed by atoms with Gasteiger partial charge in [-0.2, -0.15) is 0 Å². The van der Waals surface area contributed by atoms with Crippen molar-refractivity contribution in [2.75, 3.05) is 0 Å². The fourth-order valence-electron chi connectivity index (χ4n) is 0. The molecule has 0 fully saturated rings. The molecule has 0 atom stereocenters. The fraction of sp³-hybridized carbons (Fsp3) is 0. The molecule has 12 radical (unpaired) electrons. The van der Waals surface area contributed by atoms with Crippen LogP contribution in [0.4, 0.5) is 0 Å². The summed E-state index contributed by atoms with van der Waals surface area (Å²) in [6, 6.07) is 0. The molecule has 5 heteroatoms. The van der Waals surface area contributed by atoms with Crippen molar-refractivity contribution in [2.45, 2.75) is 0 Å². The van der Waals surface area contributed by atoms with E-state index >= 15 is 0 Å². The van der Waals surface area contributed by atoms with E-state index in [9.17, 15) is 0 Å². The van der Waals surface area contributed by atoms with Gasteiger partial charge in [0.25, 0.3) is 0 Å². The van der Waals surface area contributed by atoms with Gasteiger partial charge in [-0.15, -0.1) is 0 Å². The minimum absolute atomic E-state index is 0. The van der Waals surface area contributed by atoms with Gasteiger partial charge in [-0.1, -0.05) is 0 Å². The Morgan fingerprint density at radius 2 is 0.400 bits per heavy atom. The fourth-order valence-corrected chi connectivity index (χ4v) is 0. The van der Waals surface area contributed by atoms with Crippen molar-refractivity contribution < 1.29 is 39.0 Å². The molecule has 0 aromatic carbocycles. The predicted octanol–water partition coefficient (Wildman–Crippen LogP) is -1.15. The second-order valence-electron chi connectivity index (χ2n) is 0. The van der Waals surface area contributed by atoms with Crippen molar-refractivity contribution >= 4 is 52.8 Å². The molecule has 0 heterocycles. The van der Waals surface area contributed by atoms with E-state index in [4.69, 9.17) is 0 Å². The van der Waals surface area contributed by atoms with Gasteiger partial charge in [0.1, 0.15) is 0 Å². The third kappa shape index (κ3) is 19.8. The summed E-state index contributed by atoms with van der Waals surface area (Å²) in [7, 11) is 0. The van der Waals surface area contributed by atoms with E-state index in [1.807, 2.05) is 0 Å². The van der Waals surface area contributed by atoms with Gasteiger partial charge in [0, 0.05) is 91.7 Å². The van der Waals surface area contributed by atoms with Crippen molar-refractivity contribution in [1.82, 2.24) is 0 Å². The summed E-state index contributed by atoms with van der Waals surface area (Å²) in [4.78, 5) is 0. The van der Waals surface area contributed by atoms with Crippen LogP contribution in [0.3, 0.4) is 0 Å². The average molecular weight is 420 g/mol. The zero-order chi connectivity index (χ0) is 0. The standard InChI is InChI=1S/3Ge.2Ru. The van der Waals surface area contributed by atoms with Gasteiger partial charge in [-0.05, 0) is 0 Å². The minimum atomic E-state index is 0. The summed E-state index contributed by atoms with van der Waals surface area (Å²) < 4.78 is 0. The van der Waals surface area contributed by atoms with Gasteiger partial charge < -0.3 is 0 Å². The first kappa shape index (κ1) is 45.0. The van der Waals surface area contributed by atoms with E-state index in [1.54, 1.807) is 0 Å². The Morgan fingerprint density at radius 1 is 0.400 bits per heavy atom. The first-order chi connectivity index (χ1) is 0. The third-order valence-corrected chi connectivity index (χ3v) is 0. The summed E-state index contributed by atoms with van der Waals surface area (Å²) >= 11 is 0. The maximum atomic E-state index is 0. The minimum Gasteiger partial charge on any atom is 0 e. The maximum absolute atomic E-state index is 0. The first-order valence-electron chi connectivity index (χ1n) is 0. The zero-order valence-electron chi connectivity index (χ0n) is 2.21. The molecule has 0 rings (SSSR count). The third-order valence-electron chi connectivity index (χ3n) is 0. The molecule has 0 aromatic heterocycles. The number of hydrogen-bond acceptors (Lipinski definition) is 0. The van der Waals surface area contributed by atoms with Gasteiger partial charge >= 0.3 is 0 Å². The summed E-state index contributed by atoms with van der Waals surface area (Å²) in [5.41, 5.74) is 0. The SMILES string of the molecule is [Ge].[Ge].[Ge].[Ru].[Ru]. The second-order valence-corrected chi connectivity index (χ2v) is 0. The molecule has 0 unspecified atom stereocenters. The Labute approximate surface area is 90.4 Å². The number of hydrogen-bond donors (Lipinski definition) is 0. The van der Waals surface area contributed by atoms with Crippen molar-refractivity contribution in [3.63, 3.8) is 0 Å². The second kappa shape index (κ2) is 28.7. The largest absolute Gasteiger partial charge is 0 e. The molecule has 0 spiro atoms. The summed E-state index contributed by atoms with van der Waals surface area (Å²) in [6.45, 7) is 0. The maximum Gasteiger partial charge on any atom is 0 e. The Bertz CT molecular complexity index is 4.85.